The standard InChI is InChI=1S/C13H17BrS/c1-12(2)8-9-7-10(14)5-6-11(9)15-13(12,3)4/h5-7H,8H2,1-4H3. The van der Waals surface area contributed by atoms with Gasteiger partial charge in [0.2, 0.25) is 0 Å². The molecule has 0 fully saturated rings. The molecule has 0 aliphatic carbocycles. The minimum Gasteiger partial charge on any atom is -0.119 e. The molecule has 0 bridgehead atoms. The second kappa shape index (κ2) is 3.53. The molecule has 0 aromatic heterocycles. The predicted molar refractivity (Wildman–Crippen MR) is 71.6 cm³/mol. The number of hydrogen-bond acceptors (Lipinski definition) is 1. The molecule has 0 amide bonds. The molecule has 15 heavy (non-hydrogen) atoms. The lowest BCUT2D eigenvalue weighted by Gasteiger charge is -2.45. The molecule has 82 valence electrons. The highest BCUT2D eigenvalue weighted by Crippen LogP contribution is 2.52. The van der Waals surface area contributed by atoms with Crippen LogP contribution in [0, 0.1) is 5.41 Å². The smallest absolute Gasteiger partial charge is 0.0205 e. The second-order valence-electron chi connectivity index (χ2n) is 5.43. The van der Waals surface area contributed by atoms with E-state index in [1.807, 2.05) is 11.8 Å². The van der Waals surface area contributed by atoms with Crippen molar-refractivity contribution in [1.29, 1.82) is 0 Å². The van der Waals surface area contributed by atoms with E-state index in [0.717, 1.165) is 0 Å². The van der Waals surface area contributed by atoms with Crippen molar-refractivity contribution >= 4 is 27.7 Å². The van der Waals surface area contributed by atoms with E-state index in [-0.39, 0.29) is 0 Å². The Balaban J connectivity index is 2.47. The van der Waals surface area contributed by atoms with Crippen LogP contribution < -0.4 is 0 Å². The summed E-state index contributed by atoms with van der Waals surface area (Å²) in [5.41, 5.74) is 1.84. The van der Waals surface area contributed by atoms with Crippen LogP contribution in [0.25, 0.3) is 0 Å². The van der Waals surface area contributed by atoms with Crippen LogP contribution in [0.3, 0.4) is 0 Å². The maximum atomic E-state index is 3.55. The van der Waals surface area contributed by atoms with Crippen LogP contribution in [0.1, 0.15) is 33.3 Å². The second-order valence-corrected chi connectivity index (χ2v) is 8.01. The van der Waals surface area contributed by atoms with E-state index >= 15 is 0 Å². The average molecular weight is 285 g/mol. The number of fused-ring (bicyclic) bond motifs is 1. The zero-order valence-electron chi connectivity index (χ0n) is 9.73. The molecule has 0 saturated carbocycles. The van der Waals surface area contributed by atoms with Gasteiger partial charge < -0.3 is 0 Å². The summed E-state index contributed by atoms with van der Waals surface area (Å²) in [5, 5.41) is 0. The van der Waals surface area contributed by atoms with E-state index in [1.165, 1.54) is 21.4 Å². The molecule has 0 radical (unpaired) electrons. The van der Waals surface area contributed by atoms with Gasteiger partial charge in [-0.2, -0.15) is 0 Å². The SMILES string of the molecule is CC1(C)Cc2cc(Br)ccc2SC1(C)C. The zero-order valence-corrected chi connectivity index (χ0v) is 12.1. The van der Waals surface area contributed by atoms with Crippen molar-refractivity contribution in [3.63, 3.8) is 0 Å². The van der Waals surface area contributed by atoms with Crippen molar-refractivity contribution in [3.8, 4) is 0 Å². The van der Waals surface area contributed by atoms with Crippen molar-refractivity contribution < 1.29 is 0 Å². The van der Waals surface area contributed by atoms with E-state index in [9.17, 15) is 0 Å². The molecule has 0 N–H and O–H groups in total. The van der Waals surface area contributed by atoms with Gasteiger partial charge in [0.05, 0.1) is 0 Å². The van der Waals surface area contributed by atoms with Crippen LogP contribution in [0.2, 0.25) is 0 Å². The molecule has 1 aliphatic heterocycles. The molecule has 2 heteroatoms. The van der Waals surface area contributed by atoms with Crippen LogP contribution in [-0.4, -0.2) is 4.75 Å². The number of benzene rings is 1. The lowest BCUT2D eigenvalue weighted by atomic mass is 9.75. The van der Waals surface area contributed by atoms with E-state index in [0.29, 0.717) is 10.2 Å². The van der Waals surface area contributed by atoms with Crippen LogP contribution >= 0.6 is 27.7 Å². The highest BCUT2D eigenvalue weighted by molar-refractivity contribution is 9.10. The Morgan fingerprint density at radius 2 is 1.87 bits per heavy atom. The number of halogens is 1. The molecule has 0 saturated heterocycles. The highest BCUT2D eigenvalue weighted by atomic mass is 79.9. The molecule has 2 rings (SSSR count). The normalized spacial score (nSPS) is 22.2. The average Bonchev–Trinajstić information content (AvgIpc) is 2.07. The fourth-order valence-electron chi connectivity index (χ4n) is 1.89. The number of thioether (sulfide) groups is 1. The summed E-state index contributed by atoms with van der Waals surface area (Å²) in [5.74, 6) is 0. The van der Waals surface area contributed by atoms with Crippen LogP contribution in [0.15, 0.2) is 27.6 Å². The molecule has 1 aromatic rings. The summed E-state index contributed by atoms with van der Waals surface area (Å²) in [6.45, 7) is 9.43. The van der Waals surface area contributed by atoms with Gasteiger partial charge in [-0.25, -0.2) is 0 Å². The van der Waals surface area contributed by atoms with Gasteiger partial charge in [-0.1, -0.05) is 29.8 Å². The fraction of sp³-hybridized carbons (Fsp3) is 0.538. The molecule has 1 aliphatic rings. The van der Waals surface area contributed by atoms with Crippen molar-refractivity contribution in [1.82, 2.24) is 0 Å². The van der Waals surface area contributed by atoms with Gasteiger partial charge in [0, 0.05) is 14.1 Å². The Labute approximate surface area is 105 Å². The molecular weight excluding hydrogens is 268 g/mol. The minimum absolute atomic E-state index is 0.313. The van der Waals surface area contributed by atoms with Gasteiger partial charge in [-0.05, 0) is 49.4 Å². The maximum absolute atomic E-state index is 3.55. The molecule has 0 atom stereocenters. The monoisotopic (exact) mass is 284 g/mol. The van der Waals surface area contributed by atoms with Crippen LogP contribution in [0.4, 0.5) is 0 Å². The predicted octanol–water partition coefficient (Wildman–Crippen LogP) is 4.90. The summed E-state index contributed by atoms with van der Waals surface area (Å²) in [4.78, 5) is 1.45. The Kier molecular flexibility index (Phi) is 2.71. The van der Waals surface area contributed by atoms with Gasteiger partial charge in [0.25, 0.3) is 0 Å². The number of rotatable bonds is 0. The van der Waals surface area contributed by atoms with E-state index in [1.54, 1.807) is 0 Å². The van der Waals surface area contributed by atoms with Crippen molar-refractivity contribution in [2.45, 2.75) is 43.8 Å². The Morgan fingerprint density at radius 1 is 1.20 bits per heavy atom. The molecule has 1 heterocycles. The van der Waals surface area contributed by atoms with Crippen LogP contribution in [0.5, 0.6) is 0 Å². The third-order valence-corrected chi connectivity index (χ3v) is 5.82. The highest BCUT2D eigenvalue weighted by Gasteiger charge is 2.41. The molecule has 0 nitrogen and oxygen atoms in total. The third kappa shape index (κ3) is 1.99. The van der Waals surface area contributed by atoms with Crippen LogP contribution in [-0.2, 0) is 6.42 Å². The van der Waals surface area contributed by atoms with Crippen molar-refractivity contribution in [2.24, 2.45) is 5.41 Å². The van der Waals surface area contributed by atoms with Gasteiger partial charge in [-0.15, -0.1) is 11.8 Å². The maximum Gasteiger partial charge on any atom is 0.0205 e. The third-order valence-electron chi connectivity index (χ3n) is 3.65. The first-order valence-corrected chi connectivity index (χ1v) is 6.90. The quantitative estimate of drug-likeness (QED) is 0.653. The van der Waals surface area contributed by atoms with E-state index < -0.39 is 0 Å². The fourth-order valence-corrected chi connectivity index (χ4v) is 3.59. The summed E-state index contributed by atoms with van der Waals surface area (Å²) in [6, 6.07) is 6.64. The minimum atomic E-state index is 0.313. The molecule has 1 aromatic carbocycles. The summed E-state index contributed by atoms with van der Waals surface area (Å²) < 4.78 is 1.51. The Morgan fingerprint density at radius 3 is 2.53 bits per heavy atom. The van der Waals surface area contributed by atoms with Crippen molar-refractivity contribution in [3.05, 3.63) is 28.2 Å². The Bertz CT molecular complexity index is 394. The van der Waals surface area contributed by atoms with E-state index in [4.69, 9.17) is 0 Å². The lowest BCUT2D eigenvalue weighted by Crippen LogP contribution is -2.40. The Hall–Kier alpha value is 0.0500. The van der Waals surface area contributed by atoms with Gasteiger partial charge in [0.1, 0.15) is 0 Å². The lowest BCUT2D eigenvalue weighted by molar-refractivity contribution is 0.273. The summed E-state index contributed by atoms with van der Waals surface area (Å²) in [6.07, 6.45) is 1.17. The van der Waals surface area contributed by atoms with Gasteiger partial charge in [0.15, 0.2) is 0 Å². The topological polar surface area (TPSA) is 0 Å². The van der Waals surface area contributed by atoms with Gasteiger partial charge in [-0.3, -0.25) is 0 Å². The van der Waals surface area contributed by atoms with Crippen molar-refractivity contribution in [2.75, 3.05) is 0 Å². The van der Waals surface area contributed by atoms with E-state index in [2.05, 4.69) is 61.8 Å². The largest absolute Gasteiger partial charge is 0.119 e. The summed E-state index contributed by atoms with van der Waals surface area (Å²) >= 11 is 5.56. The first kappa shape index (κ1) is 11.5. The summed E-state index contributed by atoms with van der Waals surface area (Å²) in [7, 11) is 0. The number of hydrogen-bond donors (Lipinski definition) is 0. The molecule has 0 spiro atoms. The molecular formula is C13H17BrS. The first-order valence-electron chi connectivity index (χ1n) is 5.29. The molecule has 0 unspecified atom stereocenters. The first-order chi connectivity index (χ1) is 6.82. The van der Waals surface area contributed by atoms with Gasteiger partial charge >= 0.3 is 0 Å². The zero-order chi connectivity index (χ0) is 11.3.